The average molecular weight is 318 g/mol. The van der Waals surface area contributed by atoms with Gasteiger partial charge in [-0.25, -0.2) is 9.37 Å². The second-order valence-corrected chi connectivity index (χ2v) is 5.72. The summed E-state index contributed by atoms with van der Waals surface area (Å²) in [6.07, 6.45) is 0.593. The van der Waals surface area contributed by atoms with Crippen molar-refractivity contribution in [3.05, 3.63) is 22.7 Å². The van der Waals surface area contributed by atoms with Gasteiger partial charge in [0.05, 0.1) is 11.5 Å². The molecule has 108 valence electrons. The van der Waals surface area contributed by atoms with Crippen molar-refractivity contribution in [1.29, 1.82) is 0 Å². The molecule has 3 heterocycles. The van der Waals surface area contributed by atoms with E-state index in [1.165, 1.54) is 0 Å². The monoisotopic (exact) mass is 317 g/mol. The van der Waals surface area contributed by atoms with Crippen LogP contribution in [-0.2, 0) is 4.74 Å². The maximum atomic E-state index is 14.5. The van der Waals surface area contributed by atoms with Crippen LogP contribution in [0.4, 0.5) is 4.39 Å². The highest BCUT2D eigenvalue weighted by atomic mass is 35.5. The molecule has 1 aliphatic heterocycles. The molecule has 2 aromatic rings. The van der Waals surface area contributed by atoms with E-state index in [1.807, 2.05) is 13.8 Å². The summed E-state index contributed by atoms with van der Waals surface area (Å²) in [4.78, 5) is 8.02. The quantitative estimate of drug-likeness (QED) is 0.620. The lowest BCUT2D eigenvalue weighted by Crippen LogP contribution is -2.19. The summed E-state index contributed by atoms with van der Waals surface area (Å²) in [5.74, 6) is -0.157. The lowest BCUT2D eigenvalue weighted by molar-refractivity contribution is -0.0183. The van der Waals surface area contributed by atoms with E-state index in [0.29, 0.717) is 11.0 Å². The van der Waals surface area contributed by atoms with E-state index in [0.717, 1.165) is 6.42 Å². The Morgan fingerprint density at radius 1 is 1.40 bits per heavy atom. The van der Waals surface area contributed by atoms with Gasteiger partial charge in [-0.1, -0.05) is 25.4 Å². The van der Waals surface area contributed by atoms with E-state index < -0.39 is 12.4 Å². The van der Waals surface area contributed by atoms with Crippen molar-refractivity contribution in [3.63, 3.8) is 0 Å². The van der Waals surface area contributed by atoms with Crippen LogP contribution in [-0.4, -0.2) is 26.8 Å². The van der Waals surface area contributed by atoms with Crippen LogP contribution >= 0.6 is 23.2 Å². The summed E-state index contributed by atoms with van der Waals surface area (Å²) in [6.45, 7) is 3.85. The maximum absolute atomic E-state index is 14.5. The van der Waals surface area contributed by atoms with Crippen LogP contribution in [0.5, 0.6) is 0 Å². The fraction of sp³-hybridized carbons (Fsp3) is 0.538. The van der Waals surface area contributed by atoms with E-state index in [-0.39, 0.29) is 22.5 Å². The summed E-state index contributed by atoms with van der Waals surface area (Å²) in [5, 5.41) is 0.933. The second kappa shape index (κ2) is 5.13. The lowest BCUT2D eigenvalue weighted by Gasteiger charge is -2.16. The molecule has 0 unspecified atom stereocenters. The highest BCUT2D eigenvalue weighted by molar-refractivity contribution is 6.35. The number of rotatable bonds is 2. The zero-order valence-electron chi connectivity index (χ0n) is 11.1. The minimum Gasteiger partial charge on any atom is -0.351 e. The first-order valence-corrected chi connectivity index (χ1v) is 7.27. The molecule has 1 saturated heterocycles. The van der Waals surface area contributed by atoms with Gasteiger partial charge in [0.2, 0.25) is 5.28 Å². The smallest absolute Gasteiger partial charge is 0.225 e. The molecule has 4 nitrogen and oxygen atoms in total. The van der Waals surface area contributed by atoms with Crippen molar-refractivity contribution in [2.24, 2.45) is 5.92 Å². The summed E-state index contributed by atoms with van der Waals surface area (Å²) >= 11 is 11.8. The van der Waals surface area contributed by atoms with Gasteiger partial charge in [0, 0.05) is 12.1 Å². The molecule has 0 aliphatic carbocycles. The van der Waals surface area contributed by atoms with Crippen LogP contribution in [0.3, 0.4) is 0 Å². The highest BCUT2D eigenvalue weighted by Gasteiger charge is 2.42. The molecule has 3 rings (SSSR count). The SMILES string of the molecule is CC[C@H]1O[C@@H](n2ccc3c(Cl)nc(Cl)nc32)[C@@H](F)[C@@H]1C. The number of halogens is 3. The molecule has 20 heavy (non-hydrogen) atoms. The molecule has 0 aromatic carbocycles. The molecular formula is C13H14Cl2FN3O. The number of ether oxygens (including phenoxy) is 1. The molecule has 0 bridgehead atoms. The third-order valence-electron chi connectivity index (χ3n) is 3.85. The number of nitrogens with zero attached hydrogens (tertiary/aromatic N) is 3. The minimum absolute atomic E-state index is 0.0379. The fourth-order valence-electron chi connectivity index (χ4n) is 2.71. The first-order chi connectivity index (χ1) is 9.52. The maximum Gasteiger partial charge on any atom is 0.225 e. The molecule has 1 aliphatic rings. The molecule has 1 fully saturated rings. The molecule has 0 N–H and O–H groups in total. The van der Waals surface area contributed by atoms with E-state index in [1.54, 1.807) is 16.8 Å². The Morgan fingerprint density at radius 3 is 2.80 bits per heavy atom. The van der Waals surface area contributed by atoms with Crippen LogP contribution < -0.4 is 0 Å². The van der Waals surface area contributed by atoms with Crippen molar-refractivity contribution < 1.29 is 9.13 Å². The Bertz CT molecular complexity index is 648. The fourth-order valence-corrected chi connectivity index (χ4v) is 3.14. The molecular weight excluding hydrogens is 304 g/mol. The zero-order valence-corrected chi connectivity index (χ0v) is 12.6. The third kappa shape index (κ3) is 2.08. The Hall–Kier alpha value is -0.910. The normalized spacial score (nSPS) is 30.2. The van der Waals surface area contributed by atoms with Gasteiger partial charge >= 0.3 is 0 Å². The van der Waals surface area contributed by atoms with Gasteiger partial charge in [-0.05, 0) is 24.1 Å². The second-order valence-electron chi connectivity index (χ2n) is 5.02. The van der Waals surface area contributed by atoms with Crippen LogP contribution in [0.2, 0.25) is 10.4 Å². The topological polar surface area (TPSA) is 39.9 Å². The van der Waals surface area contributed by atoms with Gasteiger partial charge in [0.25, 0.3) is 0 Å². The lowest BCUT2D eigenvalue weighted by atomic mass is 10.00. The Kier molecular flexibility index (Phi) is 3.60. The number of hydrogen-bond donors (Lipinski definition) is 0. The molecule has 4 atom stereocenters. The van der Waals surface area contributed by atoms with Crippen LogP contribution in [0.15, 0.2) is 12.3 Å². The summed E-state index contributed by atoms with van der Waals surface area (Å²) in [5.41, 5.74) is 0.492. The number of hydrogen-bond acceptors (Lipinski definition) is 3. The Morgan fingerprint density at radius 2 is 2.15 bits per heavy atom. The first kappa shape index (κ1) is 14.0. The van der Waals surface area contributed by atoms with Crippen molar-refractivity contribution >= 4 is 34.2 Å². The summed E-state index contributed by atoms with van der Waals surface area (Å²) in [7, 11) is 0. The predicted octanol–water partition coefficient (Wildman–Crippen LogP) is 4.02. The molecule has 0 amide bonds. The summed E-state index contributed by atoms with van der Waals surface area (Å²) < 4.78 is 21.9. The van der Waals surface area contributed by atoms with E-state index >= 15 is 0 Å². The van der Waals surface area contributed by atoms with Gasteiger partial charge < -0.3 is 9.30 Å². The van der Waals surface area contributed by atoms with Gasteiger partial charge in [0.15, 0.2) is 12.4 Å². The standard InChI is InChI=1S/C13H14Cl2FN3O/c1-3-8-6(2)9(16)12(20-8)19-5-4-7-10(14)17-13(15)18-11(7)19/h4-6,8-9,12H,3H2,1-2H3/t6-,8-,9+,12-/m1/s1. The molecule has 7 heteroatoms. The van der Waals surface area contributed by atoms with E-state index in [9.17, 15) is 4.39 Å². The van der Waals surface area contributed by atoms with Crippen LogP contribution in [0.1, 0.15) is 26.5 Å². The largest absolute Gasteiger partial charge is 0.351 e. The zero-order chi connectivity index (χ0) is 14.4. The van der Waals surface area contributed by atoms with Crippen molar-refractivity contribution in [2.45, 2.75) is 38.8 Å². The molecule has 2 aromatic heterocycles. The first-order valence-electron chi connectivity index (χ1n) is 6.52. The molecule has 0 spiro atoms. The number of aromatic nitrogens is 3. The highest BCUT2D eigenvalue weighted by Crippen LogP contribution is 2.39. The molecule has 0 saturated carbocycles. The van der Waals surface area contributed by atoms with Crippen molar-refractivity contribution in [3.8, 4) is 0 Å². The van der Waals surface area contributed by atoms with Crippen LogP contribution in [0, 0.1) is 5.92 Å². The number of fused-ring (bicyclic) bond motifs is 1. The average Bonchev–Trinajstić information content (AvgIpc) is 2.93. The third-order valence-corrected chi connectivity index (χ3v) is 4.31. The van der Waals surface area contributed by atoms with Gasteiger partial charge in [-0.2, -0.15) is 4.98 Å². The summed E-state index contributed by atoms with van der Waals surface area (Å²) in [6, 6.07) is 1.74. The van der Waals surface area contributed by atoms with Crippen LogP contribution in [0.25, 0.3) is 11.0 Å². The molecule has 0 radical (unpaired) electrons. The number of alkyl halides is 1. The van der Waals surface area contributed by atoms with Crippen molar-refractivity contribution in [1.82, 2.24) is 14.5 Å². The predicted molar refractivity (Wildman–Crippen MR) is 75.8 cm³/mol. The van der Waals surface area contributed by atoms with Gasteiger partial charge in [-0.3, -0.25) is 0 Å². The Balaban J connectivity index is 2.07. The Labute approximate surface area is 125 Å². The van der Waals surface area contributed by atoms with Gasteiger partial charge in [-0.15, -0.1) is 0 Å². The van der Waals surface area contributed by atoms with Gasteiger partial charge in [0.1, 0.15) is 10.8 Å². The minimum atomic E-state index is -1.09. The van der Waals surface area contributed by atoms with E-state index in [4.69, 9.17) is 27.9 Å². The van der Waals surface area contributed by atoms with Crippen molar-refractivity contribution in [2.75, 3.05) is 0 Å². The van der Waals surface area contributed by atoms with E-state index in [2.05, 4.69) is 9.97 Å².